The van der Waals surface area contributed by atoms with Crippen LogP contribution in [0, 0.1) is 18.3 Å². The number of aromatic nitrogens is 2. The fourth-order valence-corrected chi connectivity index (χ4v) is 3.65. The van der Waals surface area contributed by atoms with Gasteiger partial charge in [-0.1, -0.05) is 69.7 Å². The van der Waals surface area contributed by atoms with Crippen LogP contribution in [0.3, 0.4) is 0 Å². The molecule has 0 saturated heterocycles. The van der Waals surface area contributed by atoms with E-state index in [2.05, 4.69) is 50.2 Å². The summed E-state index contributed by atoms with van der Waals surface area (Å²) in [6.07, 6.45) is 0.559. The van der Waals surface area contributed by atoms with Crippen molar-refractivity contribution in [2.75, 3.05) is 5.73 Å². The second-order valence-corrected chi connectivity index (χ2v) is 7.76. The first-order chi connectivity index (χ1) is 12.5. The number of aryl methyl sites for hydroxylation is 1. The van der Waals surface area contributed by atoms with Crippen molar-refractivity contribution < 1.29 is 0 Å². The molecule has 1 aromatic heterocycles. The molecular formula is C20H17BrN4S. The van der Waals surface area contributed by atoms with E-state index in [9.17, 15) is 5.26 Å². The molecule has 0 atom stereocenters. The minimum atomic E-state index is 0.239. The third-order valence-corrected chi connectivity index (χ3v) is 5.29. The minimum absolute atomic E-state index is 0.239. The van der Waals surface area contributed by atoms with Crippen molar-refractivity contribution in [3.8, 4) is 6.07 Å². The number of hydrogen-bond acceptors (Lipinski definition) is 5. The molecule has 0 aliphatic heterocycles. The molecule has 130 valence electrons. The number of nitriles is 1. The Labute approximate surface area is 165 Å². The van der Waals surface area contributed by atoms with E-state index < -0.39 is 0 Å². The van der Waals surface area contributed by atoms with E-state index in [1.54, 1.807) is 0 Å². The van der Waals surface area contributed by atoms with E-state index in [-0.39, 0.29) is 5.82 Å². The van der Waals surface area contributed by atoms with Gasteiger partial charge >= 0.3 is 0 Å². The van der Waals surface area contributed by atoms with Crippen LogP contribution in [0.15, 0.2) is 58.2 Å². The standard InChI is InChI=1S/C20H17BrN4S/c1-13-3-2-4-15(9-13)10-18-17(11-22)19(23)25-20(24-18)26-12-14-5-7-16(21)8-6-14/h2-9H,10,12H2,1H3,(H2,23,24,25). The predicted octanol–water partition coefficient (Wildman–Crippen LogP) is 4.88. The molecule has 0 saturated carbocycles. The van der Waals surface area contributed by atoms with Crippen LogP contribution in [-0.4, -0.2) is 9.97 Å². The third kappa shape index (κ3) is 4.63. The SMILES string of the molecule is Cc1cccc(Cc2nc(SCc3ccc(Br)cc3)nc(N)c2C#N)c1. The van der Waals surface area contributed by atoms with Gasteiger partial charge in [-0.2, -0.15) is 5.26 Å². The van der Waals surface area contributed by atoms with E-state index in [1.807, 2.05) is 37.3 Å². The molecule has 2 N–H and O–H groups in total. The molecule has 4 nitrogen and oxygen atoms in total. The number of nitrogens with zero attached hydrogens (tertiary/aromatic N) is 3. The molecule has 3 rings (SSSR count). The Hall–Kier alpha value is -2.36. The first-order valence-electron chi connectivity index (χ1n) is 8.04. The van der Waals surface area contributed by atoms with Crippen LogP contribution < -0.4 is 5.73 Å². The van der Waals surface area contributed by atoms with E-state index in [0.29, 0.717) is 22.8 Å². The Kier molecular flexibility index (Phi) is 5.92. The summed E-state index contributed by atoms with van der Waals surface area (Å²) in [6, 6.07) is 18.4. The van der Waals surface area contributed by atoms with E-state index in [4.69, 9.17) is 5.73 Å². The summed E-state index contributed by atoms with van der Waals surface area (Å²) >= 11 is 4.95. The van der Waals surface area contributed by atoms with Gasteiger partial charge in [-0.15, -0.1) is 0 Å². The second-order valence-electron chi connectivity index (χ2n) is 5.91. The lowest BCUT2D eigenvalue weighted by Crippen LogP contribution is -2.06. The Bertz CT molecular complexity index is 965. The van der Waals surface area contributed by atoms with Crippen LogP contribution in [0.4, 0.5) is 5.82 Å². The number of thioether (sulfide) groups is 1. The maximum absolute atomic E-state index is 9.44. The highest BCUT2D eigenvalue weighted by molar-refractivity contribution is 9.10. The van der Waals surface area contributed by atoms with Gasteiger partial charge in [-0.25, -0.2) is 9.97 Å². The van der Waals surface area contributed by atoms with Crippen molar-refractivity contribution in [3.05, 3.63) is 81.0 Å². The van der Waals surface area contributed by atoms with E-state index in [1.165, 1.54) is 22.9 Å². The summed E-state index contributed by atoms with van der Waals surface area (Å²) in [5.74, 6) is 0.978. The Morgan fingerprint density at radius 3 is 2.58 bits per heavy atom. The topological polar surface area (TPSA) is 75.6 Å². The zero-order valence-corrected chi connectivity index (χ0v) is 16.6. The second kappa shape index (κ2) is 8.35. The van der Waals surface area contributed by atoms with Crippen molar-refractivity contribution in [1.29, 1.82) is 5.26 Å². The molecule has 0 radical (unpaired) electrons. The van der Waals surface area contributed by atoms with Gasteiger partial charge in [0.2, 0.25) is 0 Å². The molecule has 0 fully saturated rings. The maximum atomic E-state index is 9.44. The molecule has 1 heterocycles. The summed E-state index contributed by atoms with van der Waals surface area (Å²) in [4.78, 5) is 8.90. The number of nitrogen functional groups attached to an aromatic ring is 1. The van der Waals surface area contributed by atoms with Gasteiger partial charge in [-0.05, 0) is 30.2 Å². The zero-order valence-electron chi connectivity index (χ0n) is 14.2. The van der Waals surface area contributed by atoms with Crippen molar-refractivity contribution in [2.45, 2.75) is 24.3 Å². The van der Waals surface area contributed by atoms with Crippen molar-refractivity contribution in [1.82, 2.24) is 9.97 Å². The number of hydrogen-bond donors (Lipinski definition) is 1. The summed E-state index contributed by atoms with van der Waals surface area (Å²) in [5.41, 5.74) is 10.5. The molecule has 0 bridgehead atoms. The Balaban J connectivity index is 1.84. The molecular weight excluding hydrogens is 408 g/mol. The first kappa shape index (κ1) is 18.4. The molecule has 6 heteroatoms. The van der Waals surface area contributed by atoms with Crippen molar-refractivity contribution in [2.24, 2.45) is 0 Å². The van der Waals surface area contributed by atoms with Gasteiger partial charge in [0.15, 0.2) is 5.16 Å². The van der Waals surface area contributed by atoms with Gasteiger partial charge in [0.1, 0.15) is 17.5 Å². The third-order valence-electron chi connectivity index (χ3n) is 3.84. The van der Waals surface area contributed by atoms with E-state index in [0.717, 1.165) is 15.8 Å². The molecule has 0 aliphatic carbocycles. The highest BCUT2D eigenvalue weighted by atomic mass is 79.9. The quantitative estimate of drug-likeness (QED) is 0.466. The van der Waals surface area contributed by atoms with Gasteiger partial charge in [0.05, 0.1) is 5.69 Å². The highest BCUT2D eigenvalue weighted by Gasteiger charge is 2.13. The van der Waals surface area contributed by atoms with Crippen LogP contribution in [0.5, 0.6) is 0 Å². The van der Waals surface area contributed by atoms with Crippen LogP contribution in [-0.2, 0) is 12.2 Å². The molecule has 0 amide bonds. The number of benzene rings is 2. The monoisotopic (exact) mass is 424 g/mol. The normalized spacial score (nSPS) is 10.5. The fraction of sp³-hybridized carbons (Fsp3) is 0.150. The van der Waals surface area contributed by atoms with Crippen molar-refractivity contribution >= 4 is 33.5 Å². The summed E-state index contributed by atoms with van der Waals surface area (Å²) in [7, 11) is 0. The number of nitrogens with two attached hydrogens (primary N) is 1. The van der Waals surface area contributed by atoms with Gasteiger partial charge < -0.3 is 5.73 Å². The summed E-state index contributed by atoms with van der Waals surface area (Å²) in [6.45, 7) is 2.04. The summed E-state index contributed by atoms with van der Waals surface area (Å²) in [5, 5.41) is 10.0. The summed E-state index contributed by atoms with van der Waals surface area (Å²) < 4.78 is 1.05. The van der Waals surface area contributed by atoms with Crippen LogP contribution >= 0.6 is 27.7 Å². The van der Waals surface area contributed by atoms with Gasteiger partial charge in [0, 0.05) is 16.6 Å². The fourth-order valence-electron chi connectivity index (χ4n) is 2.56. The minimum Gasteiger partial charge on any atom is -0.382 e. The molecule has 3 aromatic rings. The Morgan fingerprint density at radius 1 is 1.12 bits per heavy atom. The average molecular weight is 425 g/mol. The van der Waals surface area contributed by atoms with Crippen LogP contribution in [0.1, 0.15) is 27.9 Å². The largest absolute Gasteiger partial charge is 0.382 e. The maximum Gasteiger partial charge on any atom is 0.190 e. The smallest absolute Gasteiger partial charge is 0.190 e. The molecule has 0 unspecified atom stereocenters. The molecule has 2 aromatic carbocycles. The van der Waals surface area contributed by atoms with Crippen molar-refractivity contribution in [3.63, 3.8) is 0 Å². The molecule has 0 aliphatic rings. The lowest BCUT2D eigenvalue weighted by molar-refractivity contribution is 0.901. The average Bonchev–Trinajstić information content (AvgIpc) is 2.61. The van der Waals surface area contributed by atoms with Gasteiger partial charge in [0.25, 0.3) is 0 Å². The van der Waals surface area contributed by atoms with Crippen LogP contribution in [0.25, 0.3) is 0 Å². The highest BCUT2D eigenvalue weighted by Crippen LogP contribution is 2.25. The molecule has 0 spiro atoms. The number of halogens is 1. The Morgan fingerprint density at radius 2 is 1.88 bits per heavy atom. The zero-order chi connectivity index (χ0) is 18.5. The number of anilines is 1. The van der Waals surface area contributed by atoms with E-state index >= 15 is 0 Å². The number of rotatable bonds is 5. The molecule has 26 heavy (non-hydrogen) atoms. The first-order valence-corrected chi connectivity index (χ1v) is 9.82. The lowest BCUT2D eigenvalue weighted by Gasteiger charge is -2.09. The lowest BCUT2D eigenvalue weighted by atomic mass is 10.0. The van der Waals surface area contributed by atoms with Gasteiger partial charge in [-0.3, -0.25) is 0 Å². The van der Waals surface area contributed by atoms with Crippen LogP contribution in [0.2, 0.25) is 0 Å². The predicted molar refractivity (Wildman–Crippen MR) is 109 cm³/mol.